The van der Waals surface area contributed by atoms with E-state index in [9.17, 15) is 0 Å². The van der Waals surface area contributed by atoms with Crippen LogP contribution in [-0.4, -0.2) is 15.5 Å². The van der Waals surface area contributed by atoms with Gasteiger partial charge in [0.1, 0.15) is 0 Å². The van der Waals surface area contributed by atoms with E-state index in [0.29, 0.717) is 11.8 Å². The second kappa shape index (κ2) is 3.80. The quantitative estimate of drug-likeness (QED) is 0.760. The molecule has 1 aliphatic rings. The molecule has 1 aromatic rings. The summed E-state index contributed by atoms with van der Waals surface area (Å²) >= 11 is 0. The van der Waals surface area contributed by atoms with Crippen LogP contribution in [0.1, 0.15) is 11.1 Å². The summed E-state index contributed by atoms with van der Waals surface area (Å²) in [7, 11) is 0. The average Bonchev–Trinajstić information content (AvgIpc) is 2.50. The smallest absolute Gasteiger partial charge is 0.176 e. The molecule has 1 heterocycles. The zero-order valence-electron chi connectivity index (χ0n) is 8.42. The molecule has 5 heteroatoms. The highest BCUT2D eigenvalue weighted by molar-refractivity contribution is 5.25. The molecule has 0 fully saturated rings. The summed E-state index contributed by atoms with van der Waals surface area (Å²) in [6.45, 7) is 2.57. The lowest BCUT2D eigenvalue weighted by Gasteiger charge is -2.16. The first-order chi connectivity index (χ1) is 7.16. The lowest BCUT2D eigenvalue weighted by Crippen LogP contribution is -2.23. The number of nitrogens with two attached hydrogens (primary N) is 1. The molecule has 0 bridgehead atoms. The number of nitrogens with zero attached hydrogens (tertiary/aromatic N) is 2. The Labute approximate surface area is 87.8 Å². The Kier molecular flexibility index (Phi) is 2.49. The van der Waals surface area contributed by atoms with Crippen LogP contribution in [-0.2, 0) is 11.5 Å². The molecule has 1 aliphatic heterocycles. The molecule has 1 aromatic carbocycles. The minimum atomic E-state index is 0.170. The number of hydrogen-bond donors (Lipinski definition) is 2. The first kappa shape index (κ1) is 9.82. The van der Waals surface area contributed by atoms with E-state index in [1.807, 2.05) is 31.2 Å². The summed E-state index contributed by atoms with van der Waals surface area (Å²) in [6, 6.07) is 7.96. The Morgan fingerprint density at radius 2 is 2.13 bits per heavy atom. The van der Waals surface area contributed by atoms with Gasteiger partial charge in [-0.25, -0.2) is 5.06 Å². The van der Waals surface area contributed by atoms with Gasteiger partial charge in [0, 0.05) is 0 Å². The molecule has 0 unspecified atom stereocenters. The predicted octanol–water partition coefficient (Wildman–Crippen LogP) is 1.11. The van der Waals surface area contributed by atoms with Gasteiger partial charge in [0.05, 0.1) is 12.7 Å². The summed E-state index contributed by atoms with van der Waals surface area (Å²) in [5.74, 6) is 0.170. The number of hydroxylamine groups is 4. The maximum atomic E-state index is 9.09. The van der Waals surface area contributed by atoms with Crippen molar-refractivity contribution in [1.82, 2.24) is 10.3 Å². The van der Waals surface area contributed by atoms with Crippen LogP contribution in [0.3, 0.4) is 0 Å². The van der Waals surface area contributed by atoms with Gasteiger partial charge in [-0.2, -0.15) is 0 Å². The van der Waals surface area contributed by atoms with Crippen molar-refractivity contribution in [3.8, 4) is 0 Å². The van der Waals surface area contributed by atoms with Crippen LogP contribution < -0.4 is 5.73 Å². The highest BCUT2D eigenvalue weighted by Gasteiger charge is 2.18. The Morgan fingerprint density at radius 3 is 2.73 bits per heavy atom. The van der Waals surface area contributed by atoms with E-state index < -0.39 is 0 Å². The minimum Gasteiger partial charge on any atom is -0.380 e. The van der Waals surface area contributed by atoms with Gasteiger partial charge in [-0.3, -0.25) is 5.21 Å². The van der Waals surface area contributed by atoms with E-state index in [1.54, 1.807) is 0 Å². The number of hydrogen-bond acceptors (Lipinski definition) is 5. The lowest BCUT2D eigenvalue weighted by molar-refractivity contribution is -0.389. The van der Waals surface area contributed by atoms with Crippen LogP contribution in [0, 0.1) is 6.92 Å². The maximum Gasteiger partial charge on any atom is 0.176 e. The summed E-state index contributed by atoms with van der Waals surface area (Å²) in [5, 5.41) is 11.1. The molecular weight excluding hydrogens is 194 g/mol. The van der Waals surface area contributed by atoms with Gasteiger partial charge in [0.2, 0.25) is 0 Å². The first-order valence-corrected chi connectivity index (χ1v) is 4.62. The average molecular weight is 207 g/mol. The molecule has 0 saturated carbocycles. The molecule has 0 amide bonds. The monoisotopic (exact) mass is 207 g/mol. The number of benzene rings is 1. The van der Waals surface area contributed by atoms with Crippen molar-refractivity contribution in [2.45, 2.75) is 13.5 Å². The third kappa shape index (κ3) is 2.03. The van der Waals surface area contributed by atoms with Crippen molar-refractivity contribution >= 4 is 0 Å². The maximum absolute atomic E-state index is 9.09. The highest BCUT2D eigenvalue weighted by Crippen LogP contribution is 2.16. The van der Waals surface area contributed by atoms with Gasteiger partial charge in [-0.05, 0) is 18.1 Å². The summed E-state index contributed by atoms with van der Waals surface area (Å²) in [6.07, 6.45) is 1.53. The van der Waals surface area contributed by atoms with Crippen LogP contribution >= 0.6 is 0 Å². The summed E-state index contributed by atoms with van der Waals surface area (Å²) in [5.41, 5.74) is 7.72. The van der Waals surface area contributed by atoms with Crippen molar-refractivity contribution in [1.29, 1.82) is 0 Å². The van der Waals surface area contributed by atoms with Crippen LogP contribution in [0.15, 0.2) is 36.3 Å². The zero-order valence-corrected chi connectivity index (χ0v) is 8.42. The molecular formula is C10H13N3O2. The Bertz CT molecular complexity index is 392. The van der Waals surface area contributed by atoms with E-state index >= 15 is 0 Å². The van der Waals surface area contributed by atoms with Gasteiger partial charge >= 0.3 is 0 Å². The Hall–Kier alpha value is -1.72. The van der Waals surface area contributed by atoms with Crippen LogP contribution in [0.4, 0.5) is 0 Å². The van der Waals surface area contributed by atoms with Crippen molar-refractivity contribution < 1.29 is 10.1 Å². The van der Waals surface area contributed by atoms with Gasteiger partial charge in [0.25, 0.3) is 0 Å². The molecule has 0 atom stereocenters. The molecule has 2 rings (SSSR count). The third-order valence-electron chi connectivity index (χ3n) is 2.27. The lowest BCUT2D eigenvalue weighted by atomic mass is 10.1. The van der Waals surface area contributed by atoms with Gasteiger partial charge < -0.3 is 5.73 Å². The molecule has 0 radical (unpaired) electrons. The van der Waals surface area contributed by atoms with Gasteiger partial charge in [0.15, 0.2) is 5.82 Å². The van der Waals surface area contributed by atoms with Crippen molar-refractivity contribution in [2.75, 3.05) is 0 Å². The second-order valence-corrected chi connectivity index (χ2v) is 3.41. The van der Waals surface area contributed by atoms with Crippen LogP contribution in [0.5, 0.6) is 0 Å². The topological polar surface area (TPSA) is 62.0 Å². The molecule has 3 N–H and O–H groups in total. The van der Waals surface area contributed by atoms with E-state index in [2.05, 4.69) is 0 Å². The third-order valence-corrected chi connectivity index (χ3v) is 2.27. The predicted molar refractivity (Wildman–Crippen MR) is 53.7 cm³/mol. The van der Waals surface area contributed by atoms with Crippen LogP contribution in [0.25, 0.3) is 0 Å². The van der Waals surface area contributed by atoms with Gasteiger partial charge in [-0.1, -0.05) is 29.5 Å². The molecule has 15 heavy (non-hydrogen) atoms. The van der Waals surface area contributed by atoms with E-state index in [4.69, 9.17) is 15.9 Å². The number of aryl methyl sites for hydroxylation is 1. The molecule has 80 valence electrons. The Morgan fingerprint density at radius 1 is 1.40 bits per heavy atom. The highest BCUT2D eigenvalue weighted by atomic mass is 17.0. The van der Waals surface area contributed by atoms with Crippen molar-refractivity contribution in [2.24, 2.45) is 5.73 Å². The normalized spacial score (nSPS) is 15.7. The van der Waals surface area contributed by atoms with E-state index in [1.165, 1.54) is 16.8 Å². The van der Waals surface area contributed by atoms with Crippen LogP contribution in [0.2, 0.25) is 0 Å². The molecule has 0 saturated heterocycles. The van der Waals surface area contributed by atoms with E-state index in [0.717, 1.165) is 5.56 Å². The molecule has 0 aromatic heterocycles. The fourth-order valence-electron chi connectivity index (χ4n) is 1.40. The standard InChI is InChI=1S/C10H13N3O2/c1-8-4-2-3-5-9(8)6-12-7-10(11)13(14)15-12/h2-5,7,14H,6,11H2,1H3. The van der Waals surface area contributed by atoms with Crippen molar-refractivity contribution in [3.05, 3.63) is 47.4 Å². The summed E-state index contributed by atoms with van der Waals surface area (Å²) < 4.78 is 0. The largest absolute Gasteiger partial charge is 0.380 e. The number of rotatable bonds is 2. The second-order valence-electron chi connectivity index (χ2n) is 3.41. The fraction of sp³-hybridized carbons (Fsp3) is 0.200. The Balaban J connectivity index is 2.08. The molecule has 0 spiro atoms. The fourth-order valence-corrected chi connectivity index (χ4v) is 1.40. The minimum absolute atomic E-state index is 0.170. The zero-order chi connectivity index (χ0) is 10.8. The van der Waals surface area contributed by atoms with Gasteiger partial charge in [-0.15, -0.1) is 4.94 Å². The summed E-state index contributed by atoms with van der Waals surface area (Å²) in [4.78, 5) is 4.94. The van der Waals surface area contributed by atoms with E-state index in [-0.39, 0.29) is 5.82 Å². The van der Waals surface area contributed by atoms with Crippen molar-refractivity contribution in [3.63, 3.8) is 0 Å². The SMILES string of the molecule is Cc1ccccc1CN1C=C(N)N(O)O1. The first-order valence-electron chi connectivity index (χ1n) is 4.62. The molecule has 5 nitrogen and oxygen atoms in total. The molecule has 0 aliphatic carbocycles.